The molecule has 1 unspecified atom stereocenters. The Hall–Kier alpha value is -0.830. The summed E-state index contributed by atoms with van der Waals surface area (Å²) in [7, 11) is 2.22. The molecule has 3 rings (SSSR count). The van der Waals surface area contributed by atoms with Crippen molar-refractivity contribution in [2.45, 2.75) is 83.1 Å². The molecule has 0 saturated heterocycles. The third-order valence-electron chi connectivity index (χ3n) is 5.72. The van der Waals surface area contributed by atoms with Crippen LogP contribution in [0.15, 0.2) is 0 Å². The molecular weight excluding hydrogens is 258 g/mol. The Morgan fingerprint density at radius 1 is 1.19 bits per heavy atom. The van der Waals surface area contributed by atoms with Gasteiger partial charge in [-0.15, -0.1) is 0 Å². The van der Waals surface area contributed by atoms with Crippen molar-refractivity contribution >= 4 is 0 Å². The SMILES string of the molecule is CCCCC1CCC(c2nc3c(n2C)CCC(N)C3)CC1. The molecular formula is C18H31N3. The lowest BCUT2D eigenvalue weighted by atomic mass is 9.79. The number of unbranched alkanes of at least 4 members (excludes halogenated alkanes) is 1. The van der Waals surface area contributed by atoms with E-state index in [1.807, 2.05) is 0 Å². The largest absolute Gasteiger partial charge is 0.335 e. The summed E-state index contributed by atoms with van der Waals surface area (Å²) in [6, 6.07) is 0.324. The smallest absolute Gasteiger partial charge is 0.112 e. The molecule has 0 spiro atoms. The Labute approximate surface area is 129 Å². The predicted molar refractivity (Wildman–Crippen MR) is 87.4 cm³/mol. The second-order valence-corrected chi connectivity index (χ2v) is 7.29. The van der Waals surface area contributed by atoms with Gasteiger partial charge in [0.2, 0.25) is 0 Å². The molecule has 0 amide bonds. The van der Waals surface area contributed by atoms with Gasteiger partial charge in [-0.25, -0.2) is 4.98 Å². The summed E-state index contributed by atoms with van der Waals surface area (Å²) >= 11 is 0. The first-order chi connectivity index (χ1) is 10.2. The van der Waals surface area contributed by atoms with Crippen LogP contribution in [0, 0.1) is 5.92 Å². The monoisotopic (exact) mass is 289 g/mol. The van der Waals surface area contributed by atoms with E-state index in [0.29, 0.717) is 12.0 Å². The van der Waals surface area contributed by atoms with Crippen LogP contribution in [-0.4, -0.2) is 15.6 Å². The first-order valence-electron chi connectivity index (χ1n) is 8.99. The highest BCUT2D eigenvalue weighted by Crippen LogP contribution is 2.38. The molecule has 21 heavy (non-hydrogen) atoms. The Bertz CT molecular complexity index is 469. The molecule has 2 aliphatic carbocycles. The van der Waals surface area contributed by atoms with Crippen LogP contribution in [0.1, 0.15) is 81.4 Å². The number of imidazole rings is 1. The molecule has 1 aromatic heterocycles. The molecule has 3 nitrogen and oxygen atoms in total. The van der Waals surface area contributed by atoms with E-state index in [0.717, 1.165) is 25.2 Å². The molecule has 1 aromatic rings. The summed E-state index contributed by atoms with van der Waals surface area (Å²) in [4.78, 5) is 4.99. The first-order valence-corrected chi connectivity index (χ1v) is 8.99. The van der Waals surface area contributed by atoms with Crippen molar-refractivity contribution in [2.24, 2.45) is 18.7 Å². The molecule has 0 radical (unpaired) electrons. The second-order valence-electron chi connectivity index (χ2n) is 7.29. The summed E-state index contributed by atoms with van der Waals surface area (Å²) in [6.07, 6.45) is 12.9. The lowest BCUT2D eigenvalue weighted by molar-refractivity contribution is 0.296. The van der Waals surface area contributed by atoms with E-state index in [4.69, 9.17) is 10.7 Å². The molecule has 1 heterocycles. The number of hydrogen-bond acceptors (Lipinski definition) is 2. The van der Waals surface area contributed by atoms with Crippen LogP contribution in [0.2, 0.25) is 0 Å². The number of nitrogens with two attached hydrogens (primary N) is 1. The van der Waals surface area contributed by atoms with Crippen LogP contribution in [0.3, 0.4) is 0 Å². The summed E-state index contributed by atoms with van der Waals surface area (Å²) in [5.74, 6) is 3.02. The number of rotatable bonds is 4. The molecule has 2 N–H and O–H groups in total. The third kappa shape index (κ3) is 3.18. The average molecular weight is 289 g/mol. The molecule has 3 heteroatoms. The van der Waals surface area contributed by atoms with E-state index < -0.39 is 0 Å². The van der Waals surface area contributed by atoms with Crippen molar-refractivity contribution in [1.82, 2.24) is 9.55 Å². The van der Waals surface area contributed by atoms with Crippen LogP contribution >= 0.6 is 0 Å². The molecule has 1 atom stereocenters. The van der Waals surface area contributed by atoms with Gasteiger partial charge in [-0.2, -0.15) is 0 Å². The Morgan fingerprint density at radius 3 is 2.67 bits per heavy atom. The maximum Gasteiger partial charge on any atom is 0.112 e. The number of hydrogen-bond donors (Lipinski definition) is 1. The predicted octanol–water partition coefficient (Wildman–Crippen LogP) is 3.70. The van der Waals surface area contributed by atoms with E-state index in [1.165, 1.54) is 62.2 Å². The fourth-order valence-electron chi connectivity index (χ4n) is 4.32. The van der Waals surface area contributed by atoms with Crippen molar-refractivity contribution in [2.75, 3.05) is 0 Å². The van der Waals surface area contributed by atoms with E-state index in [2.05, 4.69) is 18.5 Å². The van der Waals surface area contributed by atoms with Gasteiger partial charge in [0, 0.05) is 31.1 Å². The zero-order valence-electron chi connectivity index (χ0n) is 13.8. The standard InChI is InChI=1S/C18H31N3/c1-3-4-5-13-6-8-14(9-7-13)18-20-16-12-15(19)10-11-17(16)21(18)2/h13-15H,3-12,19H2,1-2H3. The minimum absolute atomic E-state index is 0.324. The van der Waals surface area contributed by atoms with Gasteiger partial charge in [0.25, 0.3) is 0 Å². The lowest BCUT2D eigenvalue weighted by Gasteiger charge is -2.28. The highest BCUT2D eigenvalue weighted by molar-refractivity contribution is 5.23. The lowest BCUT2D eigenvalue weighted by Crippen LogP contribution is -2.28. The van der Waals surface area contributed by atoms with Crippen LogP contribution in [0.4, 0.5) is 0 Å². The van der Waals surface area contributed by atoms with E-state index in [1.54, 1.807) is 0 Å². The fraction of sp³-hybridized carbons (Fsp3) is 0.833. The van der Waals surface area contributed by atoms with Crippen molar-refractivity contribution in [3.05, 3.63) is 17.2 Å². The van der Waals surface area contributed by atoms with E-state index in [9.17, 15) is 0 Å². The molecule has 1 saturated carbocycles. The topological polar surface area (TPSA) is 43.8 Å². The number of nitrogens with zero attached hydrogens (tertiary/aromatic N) is 2. The van der Waals surface area contributed by atoms with Gasteiger partial charge >= 0.3 is 0 Å². The Morgan fingerprint density at radius 2 is 1.95 bits per heavy atom. The van der Waals surface area contributed by atoms with Crippen LogP contribution in [-0.2, 0) is 19.9 Å². The maximum absolute atomic E-state index is 6.10. The van der Waals surface area contributed by atoms with Crippen molar-refractivity contribution in [3.63, 3.8) is 0 Å². The van der Waals surface area contributed by atoms with Gasteiger partial charge in [0.05, 0.1) is 5.69 Å². The Balaban J connectivity index is 1.66. The third-order valence-corrected chi connectivity index (χ3v) is 5.72. The van der Waals surface area contributed by atoms with Crippen LogP contribution in [0.25, 0.3) is 0 Å². The first kappa shape index (κ1) is 15.1. The van der Waals surface area contributed by atoms with Crippen LogP contribution in [0.5, 0.6) is 0 Å². The minimum atomic E-state index is 0.324. The summed E-state index contributed by atoms with van der Waals surface area (Å²) in [6.45, 7) is 2.30. The summed E-state index contributed by atoms with van der Waals surface area (Å²) in [5, 5.41) is 0. The zero-order chi connectivity index (χ0) is 14.8. The maximum atomic E-state index is 6.10. The molecule has 0 aromatic carbocycles. The van der Waals surface area contributed by atoms with E-state index >= 15 is 0 Å². The summed E-state index contributed by atoms with van der Waals surface area (Å²) in [5.41, 5.74) is 8.85. The molecule has 0 aliphatic heterocycles. The van der Waals surface area contributed by atoms with Gasteiger partial charge in [0.15, 0.2) is 0 Å². The Kier molecular flexibility index (Phi) is 4.68. The van der Waals surface area contributed by atoms with Gasteiger partial charge in [-0.05, 0) is 44.4 Å². The highest BCUT2D eigenvalue weighted by Gasteiger charge is 2.28. The van der Waals surface area contributed by atoms with Crippen molar-refractivity contribution < 1.29 is 0 Å². The second kappa shape index (κ2) is 6.51. The summed E-state index contributed by atoms with van der Waals surface area (Å²) < 4.78 is 2.40. The van der Waals surface area contributed by atoms with Gasteiger partial charge < -0.3 is 10.3 Å². The normalized spacial score (nSPS) is 29.4. The molecule has 118 valence electrons. The molecule has 1 fully saturated rings. The minimum Gasteiger partial charge on any atom is -0.335 e. The zero-order valence-corrected chi connectivity index (χ0v) is 13.8. The van der Waals surface area contributed by atoms with Gasteiger partial charge in [-0.3, -0.25) is 0 Å². The van der Waals surface area contributed by atoms with Crippen molar-refractivity contribution in [1.29, 1.82) is 0 Å². The van der Waals surface area contributed by atoms with E-state index in [-0.39, 0.29) is 0 Å². The fourth-order valence-corrected chi connectivity index (χ4v) is 4.32. The average Bonchev–Trinajstić information content (AvgIpc) is 2.82. The van der Waals surface area contributed by atoms with Gasteiger partial charge in [-0.1, -0.05) is 26.2 Å². The number of aromatic nitrogens is 2. The van der Waals surface area contributed by atoms with Crippen molar-refractivity contribution in [3.8, 4) is 0 Å². The highest BCUT2D eigenvalue weighted by atomic mass is 15.1. The quantitative estimate of drug-likeness (QED) is 0.918. The van der Waals surface area contributed by atoms with Gasteiger partial charge in [0.1, 0.15) is 5.82 Å². The molecule has 0 bridgehead atoms. The molecule has 2 aliphatic rings. The number of fused-ring (bicyclic) bond motifs is 1. The van der Waals surface area contributed by atoms with Crippen LogP contribution < -0.4 is 5.73 Å².